The first-order valence-corrected chi connectivity index (χ1v) is 5.15. The van der Waals surface area contributed by atoms with Crippen LogP contribution in [0.4, 0.5) is 5.82 Å². The first kappa shape index (κ1) is 10.2. The minimum atomic E-state index is 0.0614. The fraction of sp³-hybridized carbons (Fsp3) is 0.500. The molecular weight excluding hydrogens is 192 g/mol. The van der Waals surface area contributed by atoms with Gasteiger partial charge in [0, 0.05) is 12.1 Å². The van der Waals surface area contributed by atoms with Gasteiger partial charge in [-0.3, -0.25) is 0 Å². The minimum absolute atomic E-state index is 0.0614. The lowest BCUT2D eigenvalue weighted by molar-refractivity contribution is 0.270. The number of anilines is 1. The van der Waals surface area contributed by atoms with Gasteiger partial charge >= 0.3 is 0 Å². The highest BCUT2D eigenvalue weighted by atomic mass is 16.3. The maximum atomic E-state index is 8.82. The summed E-state index contributed by atoms with van der Waals surface area (Å²) in [6.07, 6.45) is 4.90. The molecule has 0 unspecified atom stereocenters. The Morgan fingerprint density at radius 2 is 2.47 bits per heavy atom. The van der Waals surface area contributed by atoms with Gasteiger partial charge in [-0.25, -0.2) is 4.68 Å². The van der Waals surface area contributed by atoms with Crippen molar-refractivity contribution in [2.45, 2.75) is 13.0 Å². The molecule has 4 N–H and O–H groups in total. The van der Waals surface area contributed by atoms with E-state index in [2.05, 4.69) is 16.5 Å². The molecule has 1 aliphatic heterocycles. The minimum Gasteiger partial charge on any atom is -0.394 e. The van der Waals surface area contributed by atoms with Gasteiger partial charge in [-0.05, 0) is 18.5 Å². The zero-order valence-electron chi connectivity index (χ0n) is 8.61. The molecule has 15 heavy (non-hydrogen) atoms. The number of nitrogens with one attached hydrogen (secondary N) is 1. The molecule has 1 aromatic heterocycles. The van der Waals surface area contributed by atoms with Crippen LogP contribution in [0.3, 0.4) is 0 Å². The number of nitrogens with zero attached hydrogens (tertiary/aromatic N) is 2. The van der Waals surface area contributed by atoms with Crippen LogP contribution in [-0.2, 0) is 6.54 Å². The zero-order chi connectivity index (χ0) is 10.7. The summed E-state index contributed by atoms with van der Waals surface area (Å²) in [6.45, 7) is 2.39. The Kier molecular flexibility index (Phi) is 3.03. The van der Waals surface area contributed by atoms with Gasteiger partial charge in [-0.2, -0.15) is 5.10 Å². The first-order chi connectivity index (χ1) is 7.33. The molecule has 1 aliphatic rings. The molecule has 0 amide bonds. The van der Waals surface area contributed by atoms with E-state index in [0.717, 1.165) is 25.1 Å². The SMILES string of the molecule is Nc1c(C2=CCNCC2)cnn1CCO. The van der Waals surface area contributed by atoms with E-state index in [0.29, 0.717) is 12.4 Å². The summed E-state index contributed by atoms with van der Waals surface area (Å²) < 4.78 is 1.64. The molecule has 0 saturated heterocycles. The summed E-state index contributed by atoms with van der Waals surface area (Å²) in [6, 6.07) is 0. The molecule has 0 aliphatic carbocycles. The van der Waals surface area contributed by atoms with Gasteiger partial charge in [0.25, 0.3) is 0 Å². The number of nitrogens with two attached hydrogens (primary N) is 1. The molecule has 82 valence electrons. The van der Waals surface area contributed by atoms with Crippen molar-refractivity contribution in [1.29, 1.82) is 0 Å². The Bertz CT molecular complexity index is 369. The molecule has 0 radical (unpaired) electrons. The van der Waals surface area contributed by atoms with E-state index in [4.69, 9.17) is 10.8 Å². The number of hydrogen-bond donors (Lipinski definition) is 3. The van der Waals surface area contributed by atoms with Crippen molar-refractivity contribution in [2.24, 2.45) is 0 Å². The molecule has 0 atom stereocenters. The van der Waals surface area contributed by atoms with Crippen LogP contribution in [0.25, 0.3) is 5.57 Å². The quantitative estimate of drug-likeness (QED) is 0.645. The van der Waals surface area contributed by atoms with E-state index in [1.807, 2.05) is 0 Å². The van der Waals surface area contributed by atoms with Crippen molar-refractivity contribution in [1.82, 2.24) is 15.1 Å². The standard InChI is InChI=1S/C10H16N4O/c11-10-9(7-13-14(10)5-6-15)8-1-3-12-4-2-8/h1,7,12,15H,2-6,11H2. The molecule has 5 heteroatoms. The van der Waals surface area contributed by atoms with E-state index >= 15 is 0 Å². The van der Waals surface area contributed by atoms with E-state index in [1.165, 1.54) is 5.57 Å². The maximum Gasteiger partial charge on any atom is 0.129 e. The molecule has 0 spiro atoms. The molecule has 0 fully saturated rings. The molecule has 0 saturated carbocycles. The largest absolute Gasteiger partial charge is 0.394 e. The molecular formula is C10H16N4O. The lowest BCUT2D eigenvalue weighted by Crippen LogP contribution is -2.20. The van der Waals surface area contributed by atoms with Gasteiger partial charge in [-0.1, -0.05) is 6.08 Å². The van der Waals surface area contributed by atoms with Crippen LogP contribution in [0, 0.1) is 0 Å². The van der Waals surface area contributed by atoms with Crippen molar-refractivity contribution in [2.75, 3.05) is 25.4 Å². The van der Waals surface area contributed by atoms with E-state index in [9.17, 15) is 0 Å². The van der Waals surface area contributed by atoms with Crippen LogP contribution in [0.1, 0.15) is 12.0 Å². The average molecular weight is 208 g/mol. The third kappa shape index (κ3) is 2.03. The Labute approximate surface area is 88.6 Å². The molecule has 2 heterocycles. The second-order valence-electron chi connectivity index (χ2n) is 3.57. The van der Waals surface area contributed by atoms with Crippen molar-refractivity contribution >= 4 is 11.4 Å². The fourth-order valence-electron chi connectivity index (χ4n) is 1.78. The molecule has 5 nitrogen and oxygen atoms in total. The average Bonchev–Trinajstić information content (AvgIpc) is 2.63. The van der Waals surface area contributed by atoms with Crippen LogP contribution in [0.5, 0.6) is 0 Å². The lowest BCUT2D eigenvalue weighted by Gasteiger charge is -2.13. The Balaban J connectivity index is 2.24. The number of aliphatic hydroxyl groups is 1. The van der Waals surface area contributed by atoms with Crippen molar-refractivity contribution < 1.29 is 5.11 Å². The van der Waals surface area contributed by atoms with Crippen molar-refractivity contribution in [3.63, 3.8) is 0 Å². The van der Waals surface area contributed by atoms with E-state index < -0.39 is 0 Å². The van der Waals surface area contributed by atoms with E-state index in [-0.39, 0.29) is 6.61 Å². The monoisotopic (exact) mass is 208 g/mol. The third-order valence-electron chi connectivity index (χ3n) is 2.60. The highest BCUT2D eigenvalue weighted by molar-refractivity contribution is 5.73. The van der Waals surface area contributed by atoms with Crippen LogP contribution >= 0.6 is 0 Å². The van der Waals surface area contributed by atoms with Gasteiger partial charge in [-0.15, -0.1) is 0 Å². The van der Waals surface area contributed by atoms with E-state index in [1.54, 1.807) is 10.9 Å². The number of hydrogen-bond acceptors (Lipinski definition) is 4. The molecule has 0 aromatic carbocycles. The third-order valence-corrected chi connectivity index (χ3v) is 2.60. The van der Waals surface area contributed by atoms with Gasteiger partial charge in [0.15, 0.2) is 0 Å². The van der Waals surface area contributed by atoms with Crippen LogP contribution < -0.4 is 11.1 Å². The van der Waals surface area contributed by atoms with Crippen LogP contribution in [0.2, 0.25) is 0 Å². The smallest absolute Gasteiger partial charge is 0.129 e. The topological polar surface area (TPSA) is 76.1 Å². The zero-order valence-corrected chi connectivity index (χ0v) is 8.61. The molecule has 1 aromatic rings. The summed E-state index contributed by atoms with van der Waals surface area (Å²) in [5.74, 6) is 0.650. The Morgan fingerprint density at radius 1 is 1.60 bits per heavy atom. The number of nitrogen functional groups attached to an aromatic ring is 1. The Morgan fingerprint density at radius 3 is 3.13 bits per heavy atom. The van der Waals surface area contributed by atoms with Crippen molar-refractivity contribution in [3.8, 4) is 0 Å². The fourth-order valence-corrected chi connectivity index (χ4v) is 1.78. The summed E-state index contributed by atoms with van der Waals surface area (Å²) >= 11 is 0. The van der Waals surface area contributed by atoms with Crippen molar-refractivity contribution in [3.05, 3.63) is 17.8 Å². The number of aliphatic hydroxyl groups excluding tert-OH is 1. The molecule has 2 rings (SSSR count). The summed E-state index contributed by atoms with van der Waals surface area (Å²) in [5, 5.41) is 16.2. The predicted octanol–water partition coefficient (Wildman–Crippen LogP) is -0.166. The first-order valence-electron chi connectivity index (χ1n) is 5.15. The highest BCUT2D eigenvalue weighted by Gasteiger charge is 2.12. The second-order valence-corrected chi connectivity index (χ2v) is 3.57. The van der Waals surface area contributed by atoms with Gasteiger partial charge < -0.3 is 16.2 Å². The summed E-state index contributed by atoms with van der Waals surface area (Å²) in [4.78, 5) is 0. The van der Waals surface area contributed by atoms with Crippen LogP contribution in [0.15, 0.2) is 12.3 Å². The summed E-state index contributed by atoms with van der Waals surface area (Å²) in [7, 11) is 0. The van der Waals surface area contributed by atoms with Gasteiger partial charge in [0.2, 0.25) is 0 Å². The maximum absolute atomic E-state index is 8.82. The van der Waals surface area contributed by atoms with Crippen LogP contribution in [-0.4, -0.2) is 34.6 Å². The normalized spacial score (nSPS) is 16.5. The number of rotatable bonds is 3. The van der Waals surface area contributed by atoms with Gasteiger partial charge in [0.05, 0.1) is 19.3 Å². The summed E-state index contributed by atoms with van der Waals surface area (Å²) in [5.41, 5.74) is 8.20. The lowest BCUT2D eigenvalue weighted by atomic mass is 10.0. The van der Waals surface area contributed by atoms with Gasteiger partial charge in [0.1, 0.15) is 5.82 Å². The molecule has 0 bridgehead atoms. The Hall–Kier alpha value is -1.33. The highest BCUT2D eigenvalue weighted by Crippen LogP contribution is 2.24. The number of aromatic nitrogens is 2. The second kappa shape index (κ2) is 4.46. The predicted molar refractivity (Wildman–Crippen MR) is 59.2 cm³/mol.